The average Bonchev–Trinajstić information content (AvgIpc) is 3.40. The van der Waals surface area contributed by atoms with Gasteiger partial charge < -0.3 is 79.6 Å². The van der Waals surface area contributed by atoms with Crippen LogP contribution in [0.25, 0.3) is 0 Å². The zero-order valence-electron chi connectivity index (χ0n) is 43.4. The number of amides is 4. The van der Waals surface area contributed by atoms with E-state index in [2.05, 4.69) is 26.3 Å². The van der Waals surface area contributed by atoms with Crippen LogP contribution in [0.15, 0.2) is 42.5 Å². The van der Waals surface area contributed by atoms with E-state index in [0.29, 0.717) is 70.5 Å². The summed E-state index contributed by atoms with van der Waals surface area (Å²) < 4.78 is 42.5. The van der Waals surface area contributed by atoms with Gasteiger partial charge in [-0.05, 0) is 36.4 Å². The van der Waals surface area contributed by atoms with Crippen molar-refractivity contribution < 1.29 is 87.1 Å². The molecule has 2 atom stereocenters. The van der Waals surface area contributed by atoms with E-state index in [-0.39, 0.29) is 75.3 Å². The molecule has 0 saturated carbocycles. The number of nitrogens with zero attached hydrogens (tertiary/aromatic N) is 1. The van der Waals surface area contributed by atoms with Crippen LogP contribution in [0.3, 0.4) is 0 Å². The fourth-order valence-corrected chi connectivity index (χ4v) is 7.78. The zero-order valence-corrected chi connectivity index (χ0v) is 45.1. The molecule has 8 N–H and O–H groups in total. The van der Waals surface area contributed by atoms with Crippen LogP contribution in [0.5, 0.6) is 34.5 Å². The highest BCUT2D eigenvalue weighted by molar-refractivity contribution is 8.76. The van der Waals surface area contributed by atoms with E-state index in [9.17, 15) is 49.2 Å². The minimum absolute atomic E-state index is 0.0699. The molecule has 74 heavy (non-hydrogen) atoms. The first-order valence-corrected chi connectivity index (χ1v) is 25.5. The van der Waals surface area contributed by atoms with Crippen molar-refractivity contribution in [3.05, 3.63) is 65.0 Å². The molecular weight excluding hydrogens is 1010 g/mol. The van der Waals surface area contributed by atoms with Crippen LogP contribution in [-0.2, 0) is 41.9 Å². The number of esters is 2. The Bertz CT molecular complexity index is 2100. The number of pyridine rings is 1. The summed E-state index contributed by atoms with van der Waals surface area (Å²) in [5.41, 5.74) is -0.570. The normalized spacial score (nSPS) is 11.8. The molecule has 412 valence electrons. The molecule has 2 aromatic carbocycles. The molecule has 4 amide bonds. The third-order valence-corrected chi connectivity index (χ3v) is 13.0. The highest BCUT2D eigenvalue weighted by atomic mass is 33.1. The van der Waals surface area contributed by atoms with Gasteiger partial charge in [0.15, 0.2) is 23.0 Å². The van der Waals surface area contributed by atoms with Crippen LogP contribution < -0.4 is 49.7 Å². The minimum Gasteiger partial charge on any atom is -0.493 e. The third-order valence-electron chi connectivity index (χ3n) is 10.6. The van der Waals surface area contributed by atoms with Gasteiger partial charge >= 0.3 is 11.9 Å². The third kappa shape index (κ3) is 20.9. The molecule has 0 aliphatic carbocycles. The number of carbonyl (C=O) groups is 6. The molecule has 1 heterocycles. The van der Waals surface area contributed by atoms with Gasteiger partial charge in [-0.2, -0.15) is 0 Å². The quantitative estimate of drug-likeness (QED) is 0.0260. The number of ether oxygens (including phenoxy) is 8. The van der Waals surface area contributed by atoms with Crippen LogP contribution in [0.4, 0.5) is 0 Å². The van der Waals surface area contributed by atoms with E-state index in [4.69, 9.17) is 37.9 Å². The van der Waals surface area contributed by atoms with Crippen LogP contribution >= 0.6 is 21.6 Å². The van der Waals surface area contributed by atoms with Crippen molar-refractivity contribution in [3.8, 4) is 34.5 Å². The van der Waals surface area contributed by atoms with E-state index in [1.54, 1.807) is 45.9 Å². The van der Waals surface area contributed by atoms with Gasteiger partial charge in [-0.15, -0.1) is 0 Å². The number of methoxy groups -OCH3 is 6. The molecule has 23 nitrogen and oxygen atoms in total. The van der Waals surface area contributed by atoms with E-state index in [1.807, 2.05) is 0 Å². The summed E-state index contributed by atoms with van der Waals surface area (Å²) >= 11 is 0. The largest absolute Gasteiger partial charge is 0.493 e. The topological polar surface area (TPSA) is 318 Å². The predicted molar refractivity (Wildman–Crippen MR) is 275 cm³/mol. The number of carbonyl (C=O) groups excluding carboxylic acids is 6. The fourth-order valence-electron chi connectivity index (χ4n) is 5.97. The van der Waals surface area contributed by atoms with Crippen molar-refractivity contribution in [3.63, 3.8) is 0 Å². The summed E-state index contributed by atoms with van der Waals surface area (Å²) in [5, 5.41) is 48.5. The number of benzene rings is 2. The highest BCUT2D eigenvalue weighted by Crippen LogP contribution is 2.39. The molecule has 0 radical (unpaired) electrons. The summed E-state index contributed by atoms with van der Waals surface area (Å²) in [7, 11) is 11.8. The molecule has 0 bridgehead atoms. The lowest BCUT2D eigenvalue weighted by molar-refractivity contribution is -0.137. The second-order valence-corrected chi connectivity index (χ2v) is 19.8. The van der Waals surface area contributed by atoms with E-state index in [0.717, 1.165) is 0 Å². The van der Waals surface area contributed by atoms with Gasteiger partial charge in [-0.25, -0.2) is 9.59 Å². The maximum absolute atomic E-state index is 12.7. The Morgan fingerprint density at radius 3 is 1.18 bits per heavy atom. The maximum Gasteiger partial charge on any atom is 0.338 e. The monoisotopic (exact) mass is 1080 g/mol. The zero-order chi connectivity index (χ0) is 55.4. The van der Waals surface area contributed by atoms with Gasteiger partial charge in [0.25, 0.3) is 0 Å². The molecule has 0 aliphatic heterocycles. The van der Waals surface area contributed by atoms with E-state index < -0.39 is 46.8 Å². The SMILES string of the molecule is CC(C)(CO)C(O)C(=O)NCCC(=O)NCCSSCCNC(=O)CCNC(=O)C(O)C(C)(C)CO.COc1cc(C(=O)OCc2cccc(COC(=O)c3cc(OC)c(OC)c(OC)c3)n2)cc(OC)c1OC. The molecule has 2 unspecified atom stereocenters. The molecule has 1 aromatic heterocycles. The molecule has 0 fully saturated rings. The van der Waals surface area contributed by atoms with Gasteiger partial charge in [0, 0.05) is 61.4 Å². The Morgan fingerprint density at radius 2 is 0.878 bits per heavy atom. The van der Waals surface area contributed by atoms with Crippen LogP contribution in [0.2, 0.25) is 0 Å². The van der Waals surface area contributed by atoms with Gasteiger partial charge in [0.2, 0.25) is 35.1 Å². The molecular formula is C49H71N5O18S2. The summed E-state index contributed by atoms with van der Waals surface area (Å²) in [6.45, 7) is 6.38. The van der Waals surface area contributed by atoms with Gasteiger partial charge in [-0.3, -0.25) is 24.2 Å². The Balaban J connectivity index is 0.000000508. The van der Waals surface area contributed by atoms with Gasteiger partial charge in [-0.1, -0.05) is 55.3 Å². The predicted octanol–water partition coefficient (Wildman–Crippen LogP) is 2.22. The van der Waals surface area contributed by atoms with Crippen molar-refractivity contribution in [1.29, 1.82) is 0 Å². The maximum atomic E-state index is 12.7. The summed E-state index contributed by atoms with van der Waals surface area (Å²) in [6, 6.07) is 11.1. The molecule has 0 aliphatic rings. The van der Waals surface area contributed by atoms with E-state index >= 15 is 0 Å². The smallest absolute Gasteiger partial charge is 0.338 e. The average molecular weight is 1080 g/mol. The van der Waals surface area contributed by atoms with Crippen LogP contribution in [-0.4, -0.2) is 167 Å². The number of hydrogen-bond acceptors (Lipinski definition) is 21. The Morgan fingerprint density at radius 1 is 0.541 bits per heavy atom. The minimum atomic E-state index is -1.37. The van der Waals surface area contributed by atoms with Crippen molar-refractivity contribution >= 4 is 57.2 Å². The molecule has 3 aromatic rings. The number of aliphatic hydroxyl groups excluding tert-OH is 4. The Kier molecular flexibility index (Phi) is 28.3. The molecule has 0 saturated heterocycles. The molecule has 25 heteroatoms. The van der Waals surface area contributed by atoms with Crippen molar-refractivity contribution in [2.45, 2.75) is 66.0 Å². The Hall–Kier alpha value is -6.25. The summed E-state index contributed by atoms with van der Waals surface area (Å²) in [6.07, 6.45) is -2.59. The standard InChI is InChI=1S/C27H29NO10.C22H42N4O8S2/c1-31-20-10-16(11-21(32-2)24(20)35-5)26(29)37-14-18-8-7-9-19(28-18)15-38-27(30)17-12-22(33-3)25(36-6)23(13-17)34-4;1-21(2,13-27)17(31)19(33)25-7-5-15(29)23-9-11-35-36-12-10-24-16(30)6-8-26-20(34)18(32)22(3,4)14-28/h7-13H,14-15H2,1-6H3;17-18,27-28,31-32H,5-14H2,1-4H3,(H,23,29)(H,24,30)(H,25,33)(H,26,34). The van der Waals surface area contributed by atoms with Crippen molar-refractivity contribution in [1.82, 2.24) is 26.3 Å². The number of aromatic nitrogens is 1. The first-order valence-electron chi connectivity index (χ1n) is 23.0. The first kappa shape index (κ1) is 63.9. The number of aliphatic hydroxyl groups is 4. The number of hydrogen-bond donors (Lipinski definition) is 8. The summed E-state index contributed by atoms with van der Waals surface area (Å²) in [5.74, 6) is 0.392. The number of nitrogens with one attached hydrogen (secondary N) is 4. The van der Waals surface area contributed by atoms with E-state index in [1.165, 1.54) is 88.5 Å². The molecule has 0 spiro atoms. The Labute approximate surface area is 438 Å². The van der Waals surface area contributed by atoms with Crippen molar-refractivity contribution in [2.24, 2.45) is 10.8 Å². The number of rotatable bonds is 31. The fraction of sp³-hybridized carbons (Fsp3) is 0.531. The highest BCUT2D eigenvalue weighted by Gasteiger charge is 2.34. The lowest BCUT2D eigenvalue weighted by Crippen LogP contribution is -2.46. The summed E-state index contributed by atoms with van der Waals surface area (Å²) in [4.78, 5) is 77.0. The first-order chi connectivity index (χ1) is 35.2. The second kappa shape index (κ2) is 32.8. The second-order valence-electron chi connectivity index (χ2n) is 17.1. The lowest BCUT2D eigenvalue weighted by Gasteiger charge is -2.27. The lowest BCUT2D eigenvalue weighted by atomic mass is 9.87. The van der Waals surface area contributed by atoms with Crippen molar-refractivity contribution in [2.75, 3.05) is 93.6 Å². The molecule has 3 rings (SSSR count). The van der Waals surface area contributed by atoms with Crippen LogP contribution in [0, 0.1) is 10.8 Å². The van der Waals surface area contributed by atoms with Gasteiger partial charge in [0.05, 0.1) is 78.4 Å². The van der Waals surface area contributed by atoms with Crippen LogP contribution in [0.1, 0.15) is 72.6 Å². The van der Waals surface area contributed by atoms with Gasteiger partial charge in [0.1, 0.15) is 25.4 Å².